The largest absolute Gasteiger partial charge is 0.492 e. The highest BCUT2D eigenvalue weighted by Gasteiger charge is 2.12. The highest BCUT2D eigenvalue weighted by atomic mass is 35.5. The Kier molecular flexibility index (Phi) is 6.23. The Morgan fingerprint density at radius 3 is 3.05 bits per heavy atom. The molecule has 1 amide bonds. The minimum absolute atomic E-state index is 0.290. The number of anilines is 1. The number of nitrogens with zero attached hydrogens (tertiary/aromatic N) is 2. The average Bonchev–Trinajstić information content (AvgIpc) is 2.94. The number of hydrogen-bond donors (Lipinski definition) is 1. The fourth-order valence-corrected chi connectivity index (χ4v) is 3.28. The van der Waals surface area contributed by atoms with Gasteiger partial charge in [-0.3, -0.25) is 10.1 Å². The van der Waals surface area contributed by atoms with Gasteiger partial charge in [-0.1, -0.05) is 40.8 Å². The van der Waals surface area contributed by atoms with Gasteiger partial charge in [-0.05, 0) is 25.1 Å². The molecule has 1 aromatic heterocycles. The van der Waals surface area contributed by atoms with Gasteiger partial charge in [0.2, 0.25) is 5.13 Å². The molecule has 1 aromatic carbocycles. The Morgan fingerprint density at radius 2 is 2.36 bits per heavy atom. The summed E-state index contributed by atoms with van der Waals surface area (Å²) in [4.78, 5) is 12.2. The van der Waals surface area contributed by atoms with Crippen molar-refractivity contribution in [3.63, 3.8) is 0 Å². The number of carbonyl (C=O) groups excluding carboxylic acids is 1. The first-order chi connectivity index (χ1) is 10.6. The van der Waals surface area contributed by atoms with Gasteiger partial charge >= 0.3 is 0 Å². The van der Waals surface area contributed by atoms with Crippen LogP contribution in [-0.2, 0) is 0 Å². The third kappa shape index (κ3) is 4.46. The average molecular weight is 356 g/mol. The third-order valence-corrected chi connectivity index (χ3v) is 4.71. The van der Waals surface area contributed by atoms with E-state index in [0.717, 1.165) is 10.1 Å². The summed E-state index contributed by atoms with van der Waals surface area (Å²) in [5.41, 5.74) is 0.434. The van der Waals surface area contributed by atoms with Gasteiger partial charge < -0.3 is 4.74 Å². The molecule has 0 aliphatic carbocycles. The van der Waals surface area contributed by atoms with Crippen molar-refractivity contribution < 1.29 is 9.53 Å². The van der Waals surface area contributed by atoms with Gasteiger partial charge in [0, 0.05) is 11.3 Å². The van der Waals surface area contributed by atoms with E-state index in [1.54, 1.807) is 24.3 Å². The molecule has 0 bridgehead atoms. The standard InChI is InChI=1S/C14H14ClN3O2S2/c1-3-7-21-14-18-17-13(22-14)16-12(19)9-5-6-11(20-4-2)10(15)8-9/h3,5-6,8H,1,4,7H2,2H3,(H,16,17,19). The normalized spacial score (nSPS) is 10.3. The second-order valence-electron chi connectivity index (χ2n) is 4.01. The first kappa shape index (κ1) is 16.8. The van der Waals surface area contributed by atoms with Gasteiger partial charge in [0.25, 0.3) is 5.91 Å². The first-order valence-electron chi connectivity index (χ1n) is 6.45. The molecule has 0 aliphatic heterocycles. The molecule has 0 saturated carbocycles. The molecule has 8 heteroatoms. The van der Waals surface area contributed by atoms with Gasteiger partial charge in [0.05, 0.1) is 11.6 Å². The minimum Gasteiger partial charge on any atom is -0.492 e. The van der Waals surface area contributed by atoms with E-state index in [1.165, 1.54) is 23.1 Å². The Morgan fingerprint density at radius 1 is 1.55 bits per heavy atom. The zero-order valence-corrected chi connectivity index (χ0v) is 14.2. The number of halogens is 1. The molecule has 0 aliphatic rings. The molecule has 1 N–H and O–H groups in total. The van der Waals surface area contributed by atoms with Crippen molar-refractivity contribution in [2.45, 2.75) is 11.3 Å². The van der Waals surface area contributed by atoms with E-state index in [-0.39, 0.29) is 5.91 Å². The number of aromatic nitrogens is 2. The lowest BCUT2D eigenvalue weighted by Gasteiger charge is -2.07. The smallest absolute Gasteiger partial charge is 0.257 e. The van der Waals surface area contributed by atoms with E-state index >= 15 is 0 Å². The third-order valence-electron chi connectivity index (χ3n) is 2.45. The number of thioether (sulfide) groups is 1. The van der Waals surface area contributed by atoms with Crippen LogP contribution in [0.5, 0.6) is 5.75 Å². The first-order valence-corrected chi connectivity index (χ1v) is 8.63. The lowest BCUT2D eigenvalue weighted by Crippen LogP contribution is -2.11. The molecule has 116 valence electrons. The summed E-state index contributed by atoms with van der Waals surface area (Å²) in [6.45, 7) is 6.03. The van der Waals surface area contributed by atoms with Gasteiger partial charge in [-0.25, -0.2) is 0 Å². The van der Waals surface area contributed by atoms with E-state index in [2.05, 4.69) is 22.1 Å². The summed E-state index contributed by atoms with van der Waals surface area (Å²) >= 11 is 8.90. The van der Waals surface area contributed by atoms with Crippen LogP contribution in [0.1, 0.15) is 17.3 Å². The van der Waals surface area contributed by atoms with E-state index in [1.807, 2.05) is 6.92 Å². The Labute approximate surface area is 141 Å². The summed E-state index contributed by atoms with van der Waals surface area (Å²) in [5.74, 6) is 1.01. The summed E-state index contributed by atoms with van der Waals surface area (Å²) in [5, 5.41) is 11.5. The fourth-order valence-electron chi connectivity index (χ4n) is 1.53. The van der Waals surface area contributed by atoms with E-state index < -0.39 is 0 Å². The second-order valence-corrected chi connectivity index (χ2v) is 6.66. The predicted octanol–water partition coefficient (Wildman–Crippen LogP) is 4.12. The van der Waals surface area contributed by atoms with Gasteiger partial charge in [-0.15, -0.1) is 16.8 Å². The van der Waals surface area contributed by atoms with Crippen molar-refractivity contribution >= 4 is 45.7 Å². The number of amides is 1. The Balaban J connectivity index is 2.04. The highest BCUT2D eigenvalue weighted by Crippen LogP contribution is 2.27. The number of rotatable bonds is 7. The molecular formula is C14H14ClN3O2S2. The maximum Gasteiger partial charge on any atom is 0.257 e. The maximum atomic E-state index is 12.2. The maximum absolute atomic E-state index is 12.2. The SMILES string of the molecule is C=CCSc1nnc(NC(=O)c2ccc(OCC)c(Cl)c2)s1. The molecule has 2 aromatic rings. The summed E-state index contributed by atoms with van der Waals surface area (Å²) in [6, 6.07) is 4.89. The van der Waals surface area contributed by atoms with Crippen molar-refractivity contribution in [2.24, 2.45) is 0 Å². The van der Waals surface area contributed by atoms with Crippen LogP contribution in [0.15, 0.2) is 35.2 Å². The molecule has 0 spiro atoms. The zero-order valence-electron chi connectivity index (χ0n) is 11.8. The van der Waals surface area contributed by atoms with E-state index in [9.17, 15) is 4.79 Å². The monoisotopic (exact) mass is 355 g/mol. The van der Waals surface area contributed by atoms with E-state index in [4.69, 9.17) is 16.3 Å². The summed E-state index contributed by atoms with van der Waals surface area (Å²) in [7, 11) is 0. The summed E-state index contributed by atoms with van der Waals surface area (Å²) in [6.07, 6.45) is 1.78. The number of nitrogens with one attached hydrogen (secondary N) is 1. The molecule has 22 heavy (non-hydrogen) atoms. The van der Waals surface area contributed by atoms with Crippen LogP contribution < -0.4 is 10.1 Å². The molecule has 5 nitrogen and oxygen atoms in total. The summed E-state index contributed by atoms with van der Waals surface area (Å²) < 4.78 is 6.11. The predicted molar refractivity (Wildman–Crippen MR) is 91.4 cm³/mol. The zero-order chi connectivity index (χ0) is 15.9. The van der Waals surface area contributed by atoms with Crippen LogP contribution in [0.25, 0.3) is 0 Å². The van der Waals surface area contributed by atoms with Crippen LogP contribution in [0.2, 0.25) is 5.02 Å². The van der Waals surface area contributed by atoms with Crippen LogP contribution in [-0.4, -0.2) is 28.5 Å². The Bertz CT molecular complexity index is 676. The molecular weight excluding hydrogens is 342 g/mol. The minimum atomic E-state index is -0.290. The molecule has 0 radical (unpaired) electrons. The fraction of sp³-hybridized carbons (Fsp3) is 0.214. The van der Waals surface area contributed by atoms with Crippen molar-refractivity contribution in [3.8, 4) is 5.75 Å². The quantitative estimate of drug-likeness (QED) is 0.460. The van der Waals surface area contributed by atoms with Crippen LogP contribution in [0, 0.1) is 0 Å². The molecule has 1 heterocycles. The van der Waals surface area contributed by atoms with Gasteiger partial charge in [-0.2, -0.15) is 0 Å². The van der Waals surface area contributed by atoms with Gasteiger partial charge in [0.1, 0.15) is 5.75 Å². The highest BCUT2D eigenvalue weighted by molar-refractivity contribution is 8.01. The van der Waals surface area contributed by atoms with Crippen LogP contribution in [0.3, 0.4) is 0 Å². The lowest BCUT2D eigenvalue weighted by molar-refractivity contribution is 0.102. The molecule has 0 unspecified atom stereocenters. The van der Waals surface area contributed by atoms with Crippen LogP contribution in [0.4, 0.5) is 5.13 Å². The lowest BCUT2D eigenvalue weighted by atomic mass is 10.2. The molecule has 0 atom stereocenters. The van der Waals surface area contributed by atoms with Gasteiger partial charge in [0.15, 0.2) is 4.34 Å². The molecule has 2 rings (SSSR count). The molecule has 0 fully saturated rings. The Hall–Kier alpha value is -1.57. The number of carbonyl (C=O) groups is 1. The van der Waals surface area contributed by atoms with Crippen molar-refractivity contribution in [1.29, 1.82) is 0 Å². The number of hydrogen-bond acceptors (Lipinski definition) is 6. The van der Waals surface area contributed by atoms with Crippen molar-refractivity contribution in [1.82, 2.24) is 10.2 Å². The van der Waals surface area contributed by atoms with Crippen molar-refractivity contribution in [3.05, 3.63) is 41.4 Å². The number of ether oxygens (including phenoxy) is 1. The number of benzene rings is 1. The van der Waals surface area contributed by atoms with E-state index in [0.29, 0.717) is 28.1 Å². The van der Waals surface area contributed by atoms with Crippen LogP contribution >= 0.6 is 34.7 Å². The van der Waals surface area contributed by atoms with Crippen molar-refractivity contribution in [2.75, 3.05) is 17.7 Å². The topological polar surface area (TPSA) is 64.1 Å². The second kappa shape index (κ2) is 8.17. The molecule has 0 saturated heterocycles.